The van der Waals surface area contributed by atoms with Crippen LogP contribution in [0, 0.1) is 23.7 Å². The minimum absolute atomic E-state index is 0.00435. The zero-order valence-electron chi connectivity index (χ0n) is 7.84. The third kappa shape index (κ3) is 1.49. The lowest BCUT2D eigenvalue weighted by atomic mass is 9.67. The second-order valence-corrected chi connectivity index (χ2v) is 4.95. The molecule has 1 heterocycles. The Bertz CT molecular complexity index is 341. The Kier molecular flexibility index (Phi) is 2.13. The number of nitrogens with zero attached hydrogens (tertiary/aromatic N) is 1. The third-order valence-electron chi connectivity index (χ3n) is 3.01. The van der Waals surface area contributed by atoms with E-state index < -0.39 is 0 Å². The van der Waals surface area contributed by atoms with Crippen molar-refractivity contribution < 1.29 is 0 Å². The van der Waals surface area contributed by atoms with E-state index >= 15 is 0 Å². The summed E-state index contributed by atoms with van der Waals surface area (Å²) in [7, 11) is 0. The Hall–Kier alpha value is -0.810. The Morgan fingerprint density at radius 1 is 1.62 bits per heavy atom. The summed E-state index contributed by atoms with van der Waals surface area (Å²) in [6, 6.07) is 4.63. The topological polar surface area (TPSA) is 23.8 Å². The molecule has 68 valence electrons. The van der Waals surface area contributed by atoms with Gasteiger partial charge in [-0.2, -0.15) is 5.26 Å². The average Bonchev–Trinajstić information content (AvgIpc) is 2.44. The first-order valence-corrected chi connectivity index (χ1v) is 5.58. The lowest BCUT2D eigenvalue weighted by Crippen LogP contribution is -2.29. The molecule has 0 aromatic carbocycles. The first kappa shape index (κ1) is 8.77. The van der Waals surface area contributed by atoms with Gasteiger partial charge in [-0.1, -0.05) is 6.42 Å². The van der Waals surface area contributed by atoms with Gasteiger partial charge in [-0.3, -0.25) is 0 Å². The molecule has 1 aliphatic carbocycles. The number of thiophene rings is 1. The number of hydrogen-bond acceptors (Lipinski definition) is 2. The second-order valence-electron chi connectivity index (χ2n) is 3.95. The molecule has 1 aromatic rings. The summed E-state index contributed by atoms with van der Waals surface area (Å²) >= 11 is 1.79. The summed E-state index contributed by atoms with van der Waals surface area (Å²) < 4.78 is 0. The van der Waals surface area contributed by atoms with Crippen LogP contribution in [0.5, 0.6) is 0 Å². The van der Waals surface area contributed by atoms with Crippen molar-refractivity contribution in [1.82, 2.24) is 0 Å². The van der Waals surface area contributed by atoms with E-state index in [4.69, 9.17) is 5.26 Å². The monoisotopic (exact) mass is 191 g/mol. The smallest absolute Gasteiger partial charge is 0.0693 e. The highest BCUT2D eigenvalue weighted by molar-refractivity contribution is 7.10. The molecule has 0 spiro atoms. The van der Waals surface area contributed by atoms with Crippen molar-refractivity contribution >= 4 is 11.3 Å². The Morgan fingerprint density at radius 3 is 2.77 bits per heavy atom. The number of rotatable bonds is 2. The molecular formula is C11H13NS. The normalized spacial score (nSPS) is 19.1. The van der Waals surface area contributed by atoms with Crippen molar-refractivity contribution in [2.75, 3.05) is 0 Å². The number of hydrogen-bond donors (Lipinski definition) is 0. The third-order valence-corrected chi connectivity index (χ3v) is 4.04. The molecular weight excluding hydrogens is 178 g/mol. The SMILES string of the molecule is Cc1ccsc1CC1(C#N)CCC1. The van der Waals surface area contributed by atoms with Crippen LogP contribution >= 0.6 is 11.3 Å². The molecule has 1 aliphatic rings. The van der Waals surface area contributed by atoms with E-state index in [1.165, 1.54) is 16.9 Å². The van der Waals surface area contributed by atoms with Gasteiger partial charge < -0.3 is 0 Å². The van der Waals surface area contributed by atoms with Gasteiger partial charge in [0.05, 0.1) is 11.5 Å². The predicted octanol–water partition coefficient (Wildman–Crippen LogP) is 3.29. The predicted molar refractivity (Wildman–Crippen MR) is 54.7 cm³/mol. The fourth-order valence-electron chi connectivity index (χ4n) is 1.82. The van der Waals surface area contributed by atoms with Crippen LogP contribution in [0.1, 0.15) is 29.7 Å². The van der Waals surface area contributed by atoms with Crippen molar-refractivity contribution in [1.29, 1.82) is 5.26 Å². The van der Waals surface area contributed by atoms with E-state index in [-0.39, 0.29) is 5.41 Å². The molecule has 2 heteroatoms. The fourth-order valence-corrected chi connectivity index (χ4v) is 2.87. The Morgan fingerprint density at radius 2 is 2.38 bits per heavy atom. The van der Waals surface area contributed by atoms with Gasteiger partial charge in [-0.25, -0.2) is 0 Å². The van der Waals surface area contributed by atoms with E-state index in [0.29, 0.717) is 0 Å². The van der Waals surface area contributed by atoms with Crippen molar-refractivity contribution in [2.24, 2.45) is 5.41 Å². The van der Waals surface area contributed by atoms with Gasteiger partial charge in [0.2, 0.25) is 0 Å². The summed E-state index contributed by atoms with van der Waals surface area (Å²) in [6.07, 6.45) is 4.41. The second kappa shape index (κ2) is 3.16. The molecule has 1 aromatic heterocycles. The van der Waals surface area contributed by atoms with Gasteiger partial charge >= 0.3 is 0 Å². The maximum atomic E-state index is 9.08. The van der Waals surface area contributed by atoms with Crippen LogP contribution in [-0.4, -0.2) is 0 Å². The molecule has 1 saturated carbocycles. The van der Waals surface area contributed by atoms with Gasteiger partial charge in [0, 0.05) is 11.3 Å². The van der Waals surface area contributed by atoms with Crippen molar-refractivity contribution in [3.05, 3.63) is 21.9 Å². The Labute approximate surface area is 83.0 Å². The highest BCUT2D eigenvalue weighted by atomic mass is 32.1. The van der Waals surface area contributed by atoms with Crippen LogP contribution in [-0.2, 0) is 6.42 Å². The minimum atomic E-state index is -0.00435. The van der Waals surface area contributed by atoms with Gasteiger partial charge in [-0.15, -0.1) is 11.3 Å². The van der Waals surface area contributed by atoms with Gasteiger partial charge in [-0.05, 0) is 36.8 Å². The van der Waals surface area contributed by atoms with Gasteiger partial charge in [0.1, 0.15) is 0 Å². The van der Waals surface area contributed by atoms with Gasteiger partial charge in [0.25, 0.3) is 0 Å². The summed E-state index contributed by atoms with van der Waals surface area (Å²) in [6.45, 7) is 2.13. The van der Waals surface area contributed by atoms with E-state index in [2.05, 4.69) is 24.4 Å². The summed E-state index contributed by atoms with van der Waals surface area (Å²) in [5.74, 6) is 0. The number of nitriles is 1. The lowest BCUT2D eigenvalue weighted by Gasteiger charge is -2.34. The van der Waals surface area contributed by atoms with Crippen LogP contribution in [0.25, 0.3) is 0 Å². The highest BCUT2D eigenvalue weighted by Crippen LogP contribution is 2.44. The Balaban J connectivity index is 2.14. The minimum Gasteiger partial charge on any atom is -0.198 e. The lowest BCUT2D eigenvalue weighted by molar-refractivity contribution is 0.215. The molecule has 0 aliphatic heterocycles. The van der Waals surface area contributed by atoms with Crippen LogP contribution < -0.4 is 0 Å². The molecule has 0 unspecified atom stereocenters. The van der Waals surface area contributed by atoms with Crippen LogP contribution in [0.15, 0.2) is 11.4 Å². The summed E-state index contributed by atoms with van der Waals surface area (Å²) in [5.41, 5.74) is 1.35. The van der Waals surface area contributed by atoms with E-state index in [9.17, 15) is 0 Å². The maximum Gasteiger partial charge on any atom is 0.0693 e. The fraction of sp³-hybridized carbons (Fsp3) is 0.545. The van der Waals surface area contributed by atoms with E-state index in [1.54, 1.807) is 11.3 Å². The molecule has 13 heavy (non-hydrogen) atoms. The van der Waals surface area contributed by atoms with Gasteiger partial charge in [0.15, 0.2) is 0 Å². The molecule has 0 saturated heterocycles. The van der Waals surface area contributed by atoms with E-state index in [0.717, 1.165) is 19.3 Å². The molecule has 0 amide bonds. The van der Waals surface area contributed by atoms with Crippen molar-refractivity contribution in [2.45, 2.75) is 32.6 Å². The number of aryl methyl sites for hydroxylation is 1. The first-order valence-electron chi connectivity index (χ1n) is 4.70. The first-order chi connectivity index (χ1) is 6.26. The zero-order chi connectivity index (χ0) is 9.31. The van der Waals surface area contributed by atoms with Crippen LogP contribution in [0.4, 0.5) is 0 Å². The molecule has 1 nitrogen and oxygen atoms in total. The maximum absolute atomic E-state index is 9.08. The molecule has 1 fully saturated rings. The zero-order valence-corrected chi connectivity index (χ0v) is 8.66. The average molecular weight is 191 g/mol. The molecule has 0 atom stereocenters. The summed E-state index contributed by atoms with van der Waals surface area (Å²) in [4.78, 5) is 1.40. The molecule has 0 bridgehead atoms. The quantitative estimate of drug-likeness (QED) is 0.703. The highest BCUT2D eigenvalue weighted by Gasteiger charge is 2.37. The molecule has 0 N–H and O–H groups in total. The standard InChI is InChI=1S/C11H13NS/c1-9-3-6-13-10(9)7-11(8-12)4-2-5-11/h3,6H,2,4-5,7H2,1H3. The molecule has 0 radical (unpaired) electrons. The van der Waals surface area contributed by atoms with Crippen LogP contribution in [0.3, 0.4) is 0 Å². The largest absolute Gasteiger partial charge is 0.198 e. The van der Waals surface area contributed by atoms with Crippen molar-refractivity contribution in [3.63, 3.8) is 0 Å². The molecule has 2 rings (SSSR count). The van der Waals surface area contributed by atoms with Crippen molar-refractivity contribution in [3.8, 4) is 6.07 Å². The van der Waals surface area contributed by atoms with Crippen LogP contribution in [0.2, 0.25) is 0 Å². The van der Waals surface area contributed by atoms with E-state index in [1.807, 2.05) is 0 Å². The summed E-state index contributed by atoms with van der Waals surface area (Å²) in [5, 5.41) is 11.2.